The first-order valence-corrected chi connectivity index (χ1v) is 9.02. The lowest BCUT2D eigenvalue weighted by molar-refractivity contribution is -0.126. The highest BCUT2D eigenvalue weighted by Gasteiger charge is 2.27. The number of methoxy groups -OCH3 is 1. The normalized spacial score (nSPS) is 16.2. The zero-order valence-corrected chi connectivity index (χ0v) is 14.8. The van der Waals surface area contributed by atoms with Gasteiger partial charge in [-0.2, -0.15) is 0 Å². The number of thiazole rings is 1. The molecule has 1 amide bonds. The van der Waals surface area contributed by atoms with Gasteiger partial charge in [0.15, 0.2) is 11.5 Å². The van der Waals surface area contributed by atoms with E-state index in [0.717, 1.165) is 40.6 Å². The minimum absolute atomic E-state index is 0.0544. The molecule has 0 bridgehead atoms. The standard InChI is InChI=1S/C18H22N2O3S/c1-12-11-24-16(20-12)7-4-8-19-18(21)14-9-13-5-3-6-15(22-2)17(13)23-10-14/h3,5-6,11,14H,4,7-10H2,1-2H3,(H,19,21)/t14-/m0/s1. The molecule has 1 aliphatic rings. The summed E-state index contributed by atoms with van der Waals surface area (Å²) in [5.74, 6) is 1.40. The first kappa shape index (κ1) is 16.8. The Hall–Kier alpha value is -2.08. The van der Waals surface area contributed by atoms with Crippen LogP contribution in [0, 0.1) is 12.8 Å². The van der Waals surface area contributed by atoms with Crippen molar-refractivity contribution in [2.45, 2.75) is 26.2 Å². The Morgan fingerprint density at radius 1 is 1.50 bits per heavy atom. The van der Waals surface area contributed by atoms with Gasteiger partial charge in [-0.15, -0.1) is 11.3 Å². The lowest BCUT2D eigenvalue weighted by atomic mass is 9.95. The van der Waals surface area contributed by atoms with E-state index in [1.54, 1.807) is 18.4 Å². The number of para-hydroxylation sites is 1. The number of ether oxygens (including phenoxy) is 2. The van der Waals surface area contributed by atoms with Crippen LogP contribution in [0.4, 0.5) is 0 Å². The fourth-order valence-electron chi connectivity index (χ4n) is 2.84. The quantitative estimate of drug-likeness (QED) is 0.817. The van der Waals surface area contributed by atoms with Crippen molar-refractivity contribution in [3.8, 4) is 11.5 Å². The summed E-state index contributed by atoms with van der Waals surface area (Å²) in [6, 6.07) is 5.79. The molecule has 24 heavy (non-hydrogen) atoms. The molecule has 1 aromatic carbocycles. The van der Waals surface area contributed by atoms with E-state index in [1.165, 1.54) is 0 Å². The summed E-state index contributed by atoms with van der Waals surface area (Å²) in [4.78, 5) is 16.8. The Kier molecular flexibility index (Phi) is 5.35. The molecule has 1 atom stereocenters. The number of benzene rings is 1. The van der Waals surface area contributed by atoms with E-state index in [0.29, 0.717) is 19.6 Å². The van der Waals surface area contributed by atoms with E-state index in [4.69, 9.17) is 9.47 Å². The van der Waals surface area contributed by atoms with Crippen molar-refractivity contribution in [3.05, 3.63) is 39.8 Å². The van der Waals surface area contributed by atoms with Gasteiger partial charge in [0.25, 0.3) is 0 Å². The molecular weight excluding hydrogens is 324 g/mol. The second kappa shape index (κ2) is 7.66. The van der Waals surface area contributed by atoms with Crippen LogP contribution in [0.5, 0.6) is 11.5 Å². The maximum Gasteiger partial charge on any atom is 0.226 e. The van der Waals surface area contributed by atoms with E-state index in [1.807, 2.05) is 25.1 Å². The van der Waals surface area contributed by atoms with Gasteiger partial charge in [-0.05, 0) is 31.4 Å². The highest BCUT2D eigenvalue weighted by molar-refractivity contribution is 7.09. The van der Waals surface area contributed by atoms with E-state index in [-0.39, 0.29) is 11.8 Å². The van der Waals surface area contributed by atoms with Crippen molar-refractivity contribution in [2.75, 3.05) is 20.3 Å². The van der Waals surface area contributed by atoms with Crippen molar-refractivity contribution in [1.29, 1.82) is 0 Å². The summed E-state index contributed by atoms with van der Waals surface area (Å²) in [5.41, 5.74) is 2.09. The summed E-state index contributed by atoms with van der Waals surface area (Å²) in [5, 5.41) is 6.20. The molecule has 1 aliphatic heterocycles. The smallest absolute Gasteiger partial charge is 0.226 e. The average molecular weight is 346 g/mol. The van der Waals surface area contributed by atoms with Gasteiger partial charge in [0, 0.05) is 24.0 Å². The number of aryl methyl sites for hydroxylation is 2. The average Bonchev–Trinajstić information content (AvgIpc) is 3.02. The topological polar surface area (TPSA) is 60.5 Å². The molecule has 0 fully saturated rings. The van der Waals surface area contributed by atoms with Crippen molar-refractivity contribution in [3.63, 3.8) is 0 Å². The number of nitrogens with zero attached hydrogens (tertiary/aromatic N) is 1. The van der Waals surface area contributed by atoms with Gasteiger partial charge in [-0.1, -0.05) is 12.1 Å². The Morgan fingerprint density at radius 3 is 3.12 bits per heavy atom. The van der Waals surface area contributed by atoms with E-state index in [9.17, 15) is 4.79 Å². The molecule has 0 aliphatic carbocycles. The molecule has 2 heterocycles. The Labute approximate surface area is 146 Å². The van der Waals surface area contributed by atoms with Gasteiger partial charge in [0.2, 0.25) is 5.91 Å². The Morgan fingerprint density at radius 2 is 2.38 bits per heavy atom. The molecule has 128 valence electrons. The number of hydrogen-bond donors (Lipinski definition) is 1. The number of hydrogen-bond acceptors (Lipinski definition) is 5. The maximum atomic E-state index is 12.3. The summed E-state index contributed by atoms with van der Waals surface area (Å²) >= 11 is 1.68. The third-order valence-electron chi connectivity index (χ3n) is 4.08. The van der Waals surface area contributed by atoms with Crippen LogP contribution in [-0.2, 0) is 17.6 Å². The fraction of sp³-hybridized carbons (Fsp3) is 0.444. The second-order valence-corrected chi connectivity index (χ2v) is 6.88. The lowest BCUT2D eigenvalue weighted by Gasteiger charge is -2.25. The molecule has 1 N–H and O–H groups in total. The molecule has 0 unspecified atom stereocenters. The van der Waals surface area contributed by atoms with Crippen LogP contribution < -0.4 is 14.8 Å². The predicted molar refractivity (Wildman–Crippen MR) is 93.9 cm³/mol. The Bertz CT molecular complexity index is 714. The molecule has 1 aromatic heterocycles. The van der Waals surface area contributed by atoms with Crippen LogP contribution in [0.3, 0.4) is 0 Å². The van der Waals surface area contributed by atoms with Gasteiger partial charge < -0.3 is 14.8 Å². The van der Waals surface area contributed by atoms with E-state index < -0.39 is 0 Å². The zero-order valence-electron chi connectivity index (χ0n) is 14.0. The number of amides is 1. The third kappa shape index (κ3) is 3.87. The largest absolute Gasteiger partial charge is 0.493 e. The summed E-state index contributed by atoms with van der Waals surface area (Å²) in [6.45, 7) is 3.06. The van der Waals surface area contributed by atoms with Crippen LogP contribution >= 0.6 is 11.3 Å². The van der Waals surface area contributed by atoms with Gasteiger partial charge >= 0.3 is 0 Å². The molecule has 2 aromatic rings. The van der Waals surface area contributed by atoms with Crippen molar-refractivity contribution in [1.82, 2.24) is 10.3 Å². The number of fused-ring (bicyclic) bond motifs is 1. The van der Waals surface area contributed by atoms with Gasteiger partial charge in [0.05, 0.1) is 18.0 Å². The predicted octanol–water partition coefficient (Wildman–Crippen LogP) is 2.76. The molecule has 0 saturated heterocycles. The minimum Gasteiger partial charge on any atom is -0.493 e. The molecule has 3 rings (SSSR count). The highest BCUT2D eigenvalue weighted by Crippen LogP contribution is 2.35. The lowest BCUT2D eigenvalue weighted by Crippen LogP contribution is -2.37. The van der Waals surface area contributed by atoms with Crippen LogP contribution in [0.15, 0.2) is 23.6 Å². The number of rotatable bonds is 6. The second-order valence-electron chi connectivity index (χ2n) is 5.94. The van der Waals surface area contributed by atoms with Crippen molar-refractivity contribution in [2.24, 2.45) is 5.92 Å². The first-order chi connectivity index (χ1) is 11.7. The summed E-state index contributed by atoms with van der Waals surface area (Å²) < 4.78 is 11.1. The van der Waals surface area contributed by atoms with Crippen LogP contribution in [0.25, 0.3) is 0 Å². The highest BCUT2D eigenvalue weighted by atomic mass is 32.1. The van der Waals surface area contributed by atoms with E-state index >= 15 is 0 Å². The van der Waals surface area contributed by atoms with Gasteiger partial charge in [-0.3, -0.25) is 4.79 Å². The van der Waals surface area contributed by atoms with E-state index in [2.05, 4.69) is 15.7 Å². The molecule has 5 nitrogen and oxygen atoms in total. The monoisotopic (exact) mass is 346 g/mol. The Balaban J connectivity index is 1.47. The SMILES string of the molecule is COc1cccc2c1OC[C@@H](C(=O)NCCCc1nc(C)cs1)C2. The fourth-order valence-corrected chi connectivity index (χ4v) is 3.65. The molecular formula is C18H22N2O3S. The number of carbonyl (C=O) groups is 1. The summed E-state index contributed by atoms with van der Waals surface area (Å²) in [7, 11) is 1.63. The number of carbonyl (C=O) groups excluding carboxylic acids is 1. The molecule has 0 spiro atoms. The van der Waals surface area contributed by atoms with Crippen molar-refractivity contribution < 1.29 is 14.3 Å². The molecule has 0 radical (unpaired) electrons. The first-order valence-electron chi connectivity index (χ1n) is 8.14. The minimum atomic E-state index is -0.147. The zero-order chi connectivity index (χ0) is 16.9. The van der Waals surface area contributed by atoms with Gasteiger partial charge in [-0.25, -0.2) is 4.98 Å². The maximum absolute atomic E-state index is 12.3. The summed E-state index contributed by atoms with van der Waals surface area (Å²) in [6.07, 6.45) is 2.49. The van der Waals surface area contributed by atoms with Crippen molar-refractivity contribution >= 4 is 17.2 Å². The molecule has 6 heteroatoms. The number of nitrogens with one attached hydrogen (secondary N) is 1. The molecule has 0 saturated carbocycles. The number of aromatic nitrogens is 1. The third-order valence-corrected chi connectivity index (χ3v) is 5.11. The van der Waals surface area contributed by atoms with Gasteiger partial charge in [0.1, 0.15) is 6.61 Å². The van der Waals surface area contributed by atoms with Crippen LogP contribution in [0.1, 0.15) is 22.7 Å². The van der Waals surface area contributed by atoms with Crippen LogP contribution in [0.2, 0.25) is 0 Å². The van der Waals surface area contributed by atoms with Crippen LogP contribution in [-0.4, -0.2) is 31.2 Å².